The minimum absolute atomic E-state index is 0.0491. The molecule has 4 aliphatic rings. The van der Waals surface area contributed by atoms with Gasteiger partial charge in [0.05, 0.1) is 16.0 Å². The van der Waals surface area contributed by atoms with Crippen molar-refractivity contribution in [1.29, 1.82) is 0 Å². The van der Waals surface area contributed by atoms with E-state index in [1.165, 1.54) is 18.2 Å². The molecule has 1 aromatic carbocycles. The van der Waals surface area contributed by atoms with Gasteiger partial charge in [0.15, 0.2) is 0 Å². The fourth-order valence-electron chi connectivity index (χ4n) is 5.39. The topological polar surface area (TPSA) is 46.5 Å². The van der Waals surface area contributed by atoms with Crippen LogP contribution in [0.15, 0.2) is 18.2 Å². The standard InChI is InChI=1S/C18H20ClFO3/c19-15-4-14(20)2-1-13(15)9-23-16(21)17-5-11-3-12(6-17)8-18(22,7-11)10-17/h1-2,4,11-12,22H,3,5-10H2/t11-,12-,17?,18?/m1/s1. The highest BCUT2D eigenvalue weighted by molar-refractivity contribution is 6.31. The second-order valence-corrected chi connectivity index (χ2v) is 8.18. The maximum atomic E-state index is 13.1. The van der Waals surface area contributed by atoms with Crippen molar-refractivity contribution >= 4 is 17.6 Å². The van der Waals surface area contributed by atoms with Gasteiger partial charge in [0.1, 0.15) is 12.4 Å². The van der Waals surface area contributed by atoms with Crippen LogP contribution in [0.5, 0.6) is 0 Å². The van der Waals surface area contributed by atoms with E-state index in [0.29, 0.717) is 23.8 Å². The number of carbonyl (C=O) groups is 1. The Labute approximate surface area is 139 Å². The zero-order valence-electron chi connectivity index (χ0n) is 12.9. The molecule has 23 heavy (non-hydrogen) atoms. The summed E-state index contributed by atoms with van der Waals surface area (Å²) >= 11 is 5.98. The van der Waals surface area contributed by atoms with Gasteiger partial charge in [-0.1, -0.05) is 17.7 Å². The summed E-state index contributed by atoms with van der Waals surface area (Å²) < 4.78 is 18.6. The summed E-state index contributed by atoms with van der Waals surface area (Å²) in [6.45, 7) is 0.0491. The Kier molecular flexibility index (Phi) is 3.47. The lowest BCUT2D eigenvalue weighted by Gasteiger charge is -2.58. The molecule has 1 aromatic rings. The summed E-state index contributed by atoms with van der Waals surface area (Å²) in [6, 6.07) is 4.07. The SMILES string of the molecule is O=C(OCc1ccc(F)cc1Cl)C12C[C@H]3C[C@@H](CC(O)(C3)C1)C2. The molecule has 1 N–H and O–H groups in total. The minimum Gasteiger partial charge on any atom is -0.460 e. The van der Waals surface area contributed by atoms with E-state index in [-0.39, 0.29) is 17.6 Å². The van der Waals surface area contributed by atoms with Crippen LogP contribution in [0.25, 0.3) is 0 Å². The molecule has 0 amide bonds. The maximum Gasteiger partial charge on any atom is 0.312 e. The molecule has 4 fully saturated rings. The third-order valence-electron chi connectivity index (χ3n) is 5.84. The van der Waals surface area contributed by atoms with Gasteiger partial charge >= 0.3 is 5.97 Å². The Balaban J connectivity index is 1.49. The van der Waals surface area contributed by atoms with Crippen LogP contribution in [0.4, 0.5) is 4.39 Å². The van der Waals surface area contributed by atoms with Gasteiger partial charge in [-0.05, 0) is 62.5 Å². The molecular weight excluding hydrogens is 319 g/mol. The molecule has 0 aliphatic heterocycles. The number of halogens is 2. The fraction of sp³-hybridized carbons (Fsp3) is 0.611. The highest BCUT2D eigenvalue weighted by Crippen LogP contribution is 2.62. The van der Waals surface area contributed by atoms with Gasteiger partial charge < -0.3 is 9.84 Å². The third kappa shape index (κ3) is 2.66. The number of esters is 1. The molecule has 0 saturated heterocycles. The van der Waals surface area contributed by atoms with E-state index < -0.39 is 16.8 Å². The minimum atomic E-state index is -0.684. The van der Waals surface area contributed by atoms with Gasteiger partial charge in [0.25, 0.3) is 0 Å². The molecule has 3 nitrogen and oxygen atoms in total. The Morgan fingerprint density at radius 2 is 2.00 bits per heavy atom. The molecule has 124 valence electrons. The third-order valence-corrected chi connectivity index (χ3v) is 6.19. The number of hydrogen-bond donors (Lipinski definition) is 1. The van der Waals surface area contributed by atoms with E-state index in [1.54, 1.807) is 0 Å². The van der Waals surface area contributed by atoms with Crippen molar-refractivity contribution in [2.75, 3.05) is 0 Å². The van der Waals surface area contributed by atoms with Crippen molar-refractivity contribution in [3.8, 4) is 0 Å². The van der Waals surface area contributed by atoms with E-state index in [9.17, 15) is 14.3 Å². The zero-order chi connectivity index (χ0) is 16.2. The van der Waals surface area contributed by atoms with Crippen LogP contribution in [-0.4, -0.2) is 16.7 Å². The van der Waals surface area contributed by atoms with Crippen molar-refractivity contribution in [3.63, 3.8) is 0 Å². The van der Waals surface area contributed by atoms with Crippen molar-refractivity contribution in [2.24, 2.45) is 17.3 Å². The molecule has 5 heteroatoms. The number of ether oxygens (including phenoxy) is 1. The van der Waals surface area contributed by atoms with Crippen LogP contribution in [0.2, 0.25) is 5.02 Å². The van der Waals surface area contributed by atoms with E-state index in [2.05, 4.69) is 0 Å². The first kappa shape index (κ1) is 15.4. The number of hydrogen-bond acceptors (Lipinski definition) is 3. The van der Waals surface area contributed by atoms with Crippen LogP contribution >= 0.6 is 11.6 Å². The molecule has 4 saturated carbocycles. The Morgan fingerprint density at radius 1 is 1.30 bits per heavy atom. The van der Waals surface area contributed by atoms with E-state index in [0.717, 1.165) is 32.1 Å². The lowest BCUT2D eigenvalue weighted by atomic mass is 9.48. The van der Waals surface area contributed by atoms with Gasteiger partial charge in [-0.25, -0.2) is 4.39 Å². The van der Waals surface area contributed by atoms with Crippen LogP contribution in [0.3, 0.4) is 0 Å². The summed E-state index contributed by atoms with van der Waals surface area (Å²) in [7, 11) is 0. The lowest BCUT2D eigenvalue weighted by Crippen LogP contribution is -2.58. The summed E-state index contributed by atoms with van der Waals surface area (Å²) in [5.41, 5.74) is -0.619. The molecular formula is C18H20ClFO3. The highest BCUT2D eigenvalue weighted by Gasteiger charge is 2.60. The van der Waals surface area contributed by atoms with Crippen LogP contribution in [0, 0.1) is 23.1 Å². The van der Waals surface area contributed by atoms with Crippen molar-refractivity contribution in [2.45, 2.75) is 50.7 Å². The van der Waals surface area contributed by atoms with Crippen LogP contribution in [0.1, 0.15) is 44.1 Å². The van der Waals surface area contributed by atoms with E-state index >= 15 is 0 Å². The van der Waals surface area contributed by atoms with Crippen molar-refractivity contribution in [1.82, 2.24) is 0 Å². The molecule has 0 spiro atoms. The molecule has 5 rings (SSSR count). The average Bonchev–Trinajstić information content (AvgIpc) is 2.43. The Bertz CT molecular complexity index is 646. The Morgan fingerprint density at radius 3 is 2.61 bits per heavy atom. The predicted octanol–water partition coefficient (Wildman–Crippen LogP) is 3.85. The van der Waals surface area contributed by atoms with Gasteiger partial charge in [-0.2, -0.15) is 0 Å². The van der Waals surface area contributed by atoms with Gasteiger partial charge in [-0.15, -0.1) is 0 Å². The fourth-order valence-corrected chi connectivity index (χ4v) is 5.61. The average molecular weight is 339 g/mol. The normalized spacial score (nSPS) is 37.9. The Hall–Kier alpha value is -1.13. The molecule has 4 aliphatic carbocycles. The quantitative estimate of drug-likeness (QED) is 0.851. The zero-order valence-corrected chi connectivity index (χ0v) is 13.6. The summed E-state index contributed by atoms with van der Waals surface area (Å²) in [5.74, 6) is 0.227. The highest BCUT2D eigenvalue weighted by atomic mass is 35.5. The largest absolute Gasteiger partial charge is 0.460 e. The monoisotopic (exact) mass is 338 g/mol. The van der Waals surface area contributed by atoms with Crippen LogP contribution in [-0.2, 0) is 16.1 Å². The number of aliphatic hydroxyl groups is 1. The van der Waals surface area contributed by atoms with E-state index in [1.807, 2.05) is 0 Å². The first-order valence-corrected chi connectivity index (χ1v) is 8.59. The second kappa shape index (κ2) is 5.18. The first-order valence-electron chi connectivity index (χ1n) is 8.21. The number of benzene rings is 1. The summed E-state index contributed by atoms with van der Waals surface area (Å²) in [6.07, 6.45) is 4.93. The number of carbonyl (C=O) groups excluding carboxylic acids is 1. The van der Waals surface area contributed by atoms with Gasteiger partial charge in [0, 0.05) is 5.56 Å². The van der Waals surface area contributed by atoms with Crippen molar-refractivity contribution < 1.29 is 19.0 Å². The first-order chi connectivity index (χ1) is 10.9. The number of rotatable bonds is 3. The second-order valence-electron chi connectivity index (χ2n) is 7.78. The summed E-state index contributed by atoms with van der Waals surface area (Å²) in [4.78, 5) is 12.7. The molecule has 0 radical (unpaired) electrons. The molecule has 4 bridgehead atoms. The molecule has 2 atom stereocenters. The maximum absolute atomic E-state index is 13.1. The smallest absolute Gasteiger partial charge is 0.312 e. The molecule has 0 heterocycles. The predicted molar refractivity (Wildman–Crippen MR) is 83.3 cm³/mol. The molecule has 0 aromatic heterocycles. The molecule has 0 unspecified atom stereocenters. The van der Waals surface area contributed by atoms with Gasteiger partial charge in [0.2, 0.25) is 0 Å². The van der Waals surface area contributed by atoms with Gasteiger partial charge in [-0.3, -0.25) is 4.79 Å². The van der Waals surface area contributed by atoms with Crippen molar-refractivity contribution in [3.05, 3.63) is 34.6 Å². The van der Waals surface area contributed by atoms with E-state index in [4.69, 9.17) is 16.3 Å². The summed E-state index contributed by atoms with van der Waals surface area (Å²) in [5, 5.41) is 11.0. The van der Waals surface area contributed by atoms with Crippen LogP contribution < -0.4 is 0 Å². The lowest BCUT2D eigenvalue weighted by molar-refractivity contribution is -0.197.